The van der Waals surface area contributed by atoms with Gasteiger partial charge in [0, 0.05) is 32.8 Å². The molecule has 1 spiro atoms. The van der Waals surface area contributed by atoms with Crippen LogP contribution < -0.4 is 5.32 Å². The van der Waals surface area contributed by atoms with E-state index in [1.54, 1.807) is 19.1 Å². The van der Waals surface area contributed by atoms with E-state index >= 15 is 0 Å². The van der Waals surface area contributed by atoms with E-state index in [-0.39, 0.29) is 29.6 Å². The number of benzene rings is 1. The van der Waals surface area contributed by atoms with Crippen LogP contribution in [-0.4, -0.2) is 86.7 Å². The number of hydrogen-bond donors (Lipinski definition) is 1. The van der Waals surface area contributed by atoms with Crippen molar-refractivity contribution in [3.63, 3.8) is 0 Å². The van der Waals surface area contributed by atoms with Crippen LogP contribution in [0.5, 0.6) is 0 Å². The molecule has 1 saturated carbocycles. The van der Waals surface area contributed by atoms with Crippen molar-refractivity contribution in [3.8, 4) is 0 Å². The Bertz CT molecular complexity index is 714. The lowest BCUT2D eigenvalue weighted by Gasteiger charge is -2.51. The molecule has 1 saturated heterocycles. The number of ether oxygens (including phenoxy) is 1. The number of rotatable bonds is 7. The summed E-state index contributed by atoms with van der Waals surface area (Å²) in [5.74, 6) is -0.134. The van der Waals surface area contributed by atoms with Crippen molar-refractivity contribution in [3.05, 3.63) is 35.9 Å². The Labute approximate surface area is 174 Å². The lowest BCUT2D eigenvalue weighted by atomic mass is 9.68. The van der Waals surface area contributed by atoms with E-state index in [2.05, 4.69) is 54.6 Å². The summed E-state index contributed by atoms with van der Waals surface area (Å²) in [6, 6.07) is 10.6. The van der Waals surface area contributed by atoms with Crippen molar-refractivity contribution in [1.29, 1.82) is 0 Å². The molecule has 1 heterocycles. The van der Waals surface area contributed by atoms with Crippen molar-refractivity contribution < 1.29 is 14.3 Å². The van der Waals surface area contributed by atoms with Crippen LogP contribution in [0.3, 0.4) is 0 Å². The van der Waals surface area contributed by atoms with Crippen LogP contribution in [0, 0.1) is 0 Å². The standard InChI is InChI=1S/C22H34N4O3/c1-23-19(27)16-25-17-21(26(20(25)28)14-15-29-4)10-12-22(13-11-21,24(2)3)18-8-6-5-7-9-18/h5-9H,10-17H2,1-4H3,(H,23,27)/t21-,22-. The van der Waals surface area contributed by atoms with E-state index in [9.17, 15) is 9.59 Å². The molecule has 1 aromatic carbocycles. The predicted octanol–water partition coefficient (Wildman–Crippen LogP) is 1.89. The number of nitrogens with zero attached hydrogens (tertiary/aromatic N) is 3. The molecule has 1 N–H and O–H groups in total. The Morgan fingerprint density at radius 3 is 2.38 bits per heavy atom. The first-order valence-corrected chi connectivity index (χ1v) is 10.4. The molecule has 0 aromatic heterocycles. The summed E-state index contributed by atoms with van der Waals surface area (Å²) in [5, 5.41) is 2.63. The fraction of sp³-hybridized carbons (Fsp3) is 0.636. The summed E-state index contributed by atoms with van der Waals surface area (Å²) < 4.78 is 5.27. The molecular formula is C22H34N4O3. The molecule has 1 aliphatic heterocycles. The SMILES string of the molecule is CNC(=O)CN1C[C@]2(CC[C@@](c3ccccc3)(N(C)C)CC2)N(CCOC)C1=O. The molecule has 1 aliphatic carbocycles. The highest BCUT2D eigenvalue weighted by Gasteiger charge is 2.54. The van der Waals surface area contributed by atoms with Gasteiger partial charge in [0.25, 0.3) is 0 Å². The first-order chi connectivity index (χ1) is 13.9. The molecule has 3 amide bonds. The summed E-state index contributed by atoms with van der Waals surface area (Å²) in [6.45, 7) is 1.76. The average Bonchev–Trinajstić information content (AvgIpc) is 2.98. The quantitative estimate of drug-likeness (QED) is 0.756. The third-order valence-electron chi connectivity index (χ3n) is 6.87. The highest BCUT2D eigenvalue weighted by Crippen LogP contribution is 2.48. The Morgan fingerprint density at radius 2 is 1.83 bits per heavy atom. The fourth-order valence-corrected chi connectivity index (χ4v) is 5.07. The van der Waals surface area contributed by atoms with E-state index in [4.69, 9.17) is 4.74 Å². The molecule has 7 heteroatoms. The Hall–Kier alpha value is -2.12. The largest absolute Gasteiger partial charge is 0.383 e. The van der Waals surface area contributed by atoms with E-state index in [1.165, 1.54) is 5.56 Å². The molecule has 7 nitrogen and oxygen atoms in total. The van der Waals surface area contributed by atoms with Crippen molar-refractivity contribution >= 4 is 11.9 Å². The topological polar surface area (TPSA) is 65.1 Å². The highest BCUT2D eigenvalue weighted by atomic mass is 16.5. The summed E-state index contributed by atoms with van der Waals surface area (Å²) in [6.07, 6.45) is 3.74. The van der Waals surface area contributed by atoms with Gasteiger partial charge in [0.1, 0.15) is 6.54 Å². The maximum absolute atomic E-state index is 13.1. The third kappa shape index (κ3) is 3.98. The second-order valence-electron chi connectivity index (χ2n) is 8.47. The zero-order valence-electron chi connectivity index (χ0n) is 18.1. The van der Waals surface area contributed by atoms with Gasteiger partial charge in [-0.15, -0.1) is 0 Å². The third-order valence-corrected chi connectivity index (χ3v) is 6.87. The van der Waals surface area contributed by atoms with Crippen molar-refractivity contribution in [2.75, 3.05) is 54.5 Å². The van der Waals surface area contributed by atoms with Gasteiger partial charge in [-0.05, 0) is 45.3 Å². The van der Waals surface area contributed by atoms with Gasteiger partial charge < -0.3 is 19.9 Å². The number of likely N-dealkylation sites (N-methyl/N-ethyl adjacent to an activating group) is 1. The number of nitrogens with one attached hydrogen (secondary N) is 1. The molecule has 160 valence electrons. The Kier molecular flexibility index (Phi) is 6.49. The van der Waals surface area contributed by atoms with Gasteiger partial charge in [0.15, 0.2) is 0 Å². The average molecular weight is 403 g/mol. The van der Waals surface area contributed by atoms with Crippen LogP contribution in [0.1, 0.15) is 31.2 Å². The van der Waals surface area contributed by atoms with Gasteiger partial charge in [-0.2, -0.15) is 0 Å². The van der Waals surface area contributed by atoms with Gasteiger partial charge in [-0.25, -0.2) is 4.79 Å². The number of methoxy groups -OCH3 is 1. The summed E-state index contributed by atoms with van der Waals surface area (Å²) in [4.78, 5) is 31.0. The van der Waals surface area contributed by atoms with E-state index < -0.39 is 0 Å². The monoisotopic (exact) mass is 402 g/mol. The second-order valence-corrected chi connectivity index (χ2v) is 8.47. The molecule has 1 aromatic rings. The summed E-state index contributed by atoms with van der Waals surface area (Å²) >= 11 is 0. The van der Waals surface area contributed by atoms with E-state index in [0.717, 1.165) is 25.7 Å². The molecule has 3 rings (SSSR count). The lowest BCUT2D eigenvalue weighted by molar-refractivity contribution is -0.121. The van der Waals surface area contributed by atoms with Crippen LogP contribution in [0.15, 0.2) is 30.3 Å². The molecule has 29 heavy (non-hydrogen) atoms. The minimum Gasteiger partial charge on any atom is -0.383 e. The van der Waals surface area contributed by atoms with Crippen molar-refractivity contribution in [2.24, 2.45) is 0 Å². The Balaban J connectivity index is 1.85. The molecule has 2 fully saturated rings. The Morgan fingerprint density at radius 1 is 1.17 bits per heavy atom. The zero-order chi connectivity index (χ0) is 21.1. The number of hydrogen-bond acceptors (Lipinski definition) is 4. The van der Waals surface area contributed by atoms with Gasteiger partial charge in [-0.1, -0.05) is 30.3 Å². The van der Waals surface area contributed by atoms with E-state index in [0.29, 0.717) is 19.7 Å². The van der Waals surface area contributed by atoms with Crippen LogP contribution >= 0.6 is 0 Å². The zero-order valence-corrected chi connectivity index (χ0v) is 18.1. The normalized spacial score (nSPS) is 27.1. The maximum atomic E-state index is 13.1. The number of carbonyl (C=O) groups is 2. The summed E-state index contributed by atoms with van der Waals surface area (Å²) in [7, 11) is 7.55. The number of carbonyl (C=O) groups excluding carboxylic acids is 2. The molecule has 0 atom stereocenters. The molecular weight excluding hydrogens is 368 g/mol. The highest BCUT2D eigenvalue weighted by molar-refractivity contribution is 5.85. The molecule has 0 radical (unpaired) electrons. The molecule has 0 bridgehead atoms. The van der Waals surface area contributed by atoms with Crippen LogP contribution in [0.2, 0.25) is 0 Å². The molecule has 2 aliphatic rings. The smallest absolute Gasteiger partial charge is 0.321 e. The minimum absolute atomic E-state index is 0.0311. The van der Waals surface area contributed by atoms with Crippen molar-refractivity contribution in [2.45, 2.75) is 36.8 Å². The summed E-state index contributed by atoms with van der Waals surface area (Å²) in [5.41, 5.74) is 1.06. The second kappa shape index (κ2) is 8.71. The fourth-order valence-electron chi connectivity index (χ4n) is 5.07. The van der Waals surface area contributed by atoms with Crippen LogP contribution in [-0.2, 0) is 15.1 Å². The lowest BCUT2D eigenvalue weighted by Crippen LogP contribution is -2.56. The van der Waals surface area contributed by atoms with Gasteiger partial charge in [0.2, 0.25) is 5.91 Å². The first kappa shape index (κ1) is 21.6. The predicted molar refractivity (Wildman–Crippen MR) is 113 cm³/mol. The molecule has 0 unspecified atom stereocenters. The van der Waals surface area contributed by atoms with Crippen LogP contribution in [0.4, 0.5) is 4.79 Å². The number of urea groups is 1. The van der Waals surface area contributed by atoms with Crippen LogP contribution in [0.25, 0.3) is 0 Å². The van der Waals surface area contributed by atoms with Crippen molar-refractivity contribution in [1.82, 2.24) is 20.0 Å². The number of amides is 3. The van der Waals surface area contributed by atoms with Gasteiger partial charge in [0.05, 0.1) is 12.1 Å². The first-order valence-electron chi connectivity index (χ1n) is 10.4. The maximum Gasteiger partial charge on any atom is 0.321 e. The van der Waals surface area contributed by atoms with E-state index in [1.807, 2.05) is 4.90 Å². The van der Waals surface area contributed by atoms with Gasteiger partial charge in [-0.3, -0.25) is 9.69 Å². The minimum atomic E-state index is -0.238. The van der Waals surface area contributed by atoms with Gasteiger partial charge >= 0.3 is 6.03 Å².